The van der Waals surface area contributed by atoms with E-state index < -0.39 is 0 Å². The summed E-state index contributed by atoms with van der Waals surface area (Å²) in [6, 6.07) is 0. The summed E-state index contributed by atoms with van der Waals surface area (Å²) in [7, 11) is 0. The quantitative estimate of drug-likeness (QED) is 0.761. The zero-order valence-electron chi connectivity index (χ0n) is 12.5. The van der Waals surface area contributed by atoms with Gasteiger partial charge in [-0.15, -0.1) is 11.3 Å². The largest absolute Gasteiger partial charge is 0.350 e. The van der Waals surface area contributed by atoms with Crippen LogP contribution >= 0.6 is 11.3 Å². The minimum atomic E-state index is 0.0301. The zero-order chi connectivity index (χ0) is 14.4. The average molecular weight is 295 g/mol. The highest BCUT2D eigenvalue weighted by Gasteiger charge is 2.23. The van der Waals surface area contributed by atoms with E-state index in [2.05, 4.69) is 22.5 Å². The number of nitrogens with one attached hydrogen (secondary N) is 2. The topological polar surface area (TPSA) is 54.0 Å². The molecular weight excluding hydrogens is 270 g/mol. The van der Waals surface area contributed by atoms with Crippen molar-refractivity contribution in [3.05, 3.63) is 15.6 Å². The molecular formula is C15H25N3OS. The van der Waals surface area contributed by atoms with Gasteiger partial charge in [-0.05, 0) is 32.7 Å². The fraction of sp³-hybridized carbons (Fsp3) is 0.733. The van der Waals surface area contributed by atoms with Crippen LogP contribution in [0.4, 0.5) is 0 Å². The van der Waals surface area contributed by atoms with Crippen LogP contribution in [0.15, 0.2) is 0 Å². The molecule has 20 heavy (non-hydrogen) atoms. The van der Waals surface area contributed by atoms with Gasteiger partial charge in [0, 0.05) is 19.0 Å². The monoisotopic (exact) mass is 295 g/mol. The van der Waals surface area contributed by atoms with Crippen molar-refractivity contribution < 1.29 is 4.79 Å². The predicted octanol–water partition coefficient (Wildman–Crippen LogP) is 2.84. The van der Waals surface area contributed by atoms with E-state index in [-0.39, 0.29) is 5.91 Å². The molecule has 1 aromatic rings. The molecule has 0 radical (unpaired) electrons. The lowest BCUT2D eigenvalue weighted by molar-refractivity contribution is 0.0957. The Kier molecular flexibility index (Phi) is 5.98. The number of hydrogen-bond donors (Lipinski definition) is 2. The number of hydrogen-bond acceptors (Lipinski definition) is 4. The molecule has 0 saturated heterocycles. The Morgan fingerprint density at radius 1 is 1.30 bits per heavy atom. The fourth-order valence-corrected chi connectivity index (χ4v) is 3.77. The van der Waals surface area contributed by atoms with Gasteiger partial charge in [-0.2, -0.15) is 0 Å². The minimum Gasteiger partial charge on any atom is -0.350 e. The smallest absolute Gasteiger partial charge is 0.263 e. The number of aryl methyl sites for hydroxylation is 1. The summed E-state index contributed by atoms with van der Waals surface area (Å²) in [5, 5.41) is 7.41. The lowest BCUT2D eigenvalue weighted by atomic mass is 10.1. The third-order valence-corrected chi connectivity index (χ3v) is 5.06. The van der Waals surface area contributed by atoms with Crippen LogP contribution < -0.4 is 10.6 Å². The number of thiazole rings is 1. The van der Waals surface area contributed by atoms with Crippen LogP contribution in [0.1, 0.15) is 65.3 Å². The van der Waals surface area contributed by atoms with Crippen LogP contribution in [0.25, 0.3) is 0 Å². The molecule has 1 aromatic heterocycles. The highest BCUT2D eigenvalue weighted by Crippen LogP contribution is 2.36. The van der Waals surface area contributed by atoms with Crippen molar-refractivity contribution in [3.8, 4) is 0 Å². The molecule has 0 spiro atoms. The molecule has 2 rings (SSSR count). The van der Waals surface area contributed by atoms with E-state index in [0.29, 0.717) is 12.5 Å². The lowest BCUT2D eigenvalue weighted by Gasteiger charge is -2.05. The summed E-state index contributed by atoms with van der Waals surface area (Å²) < 4.78 is 0. The van der Waals surface area contributed by atoms with Crippen molar-refractivity contribution in [2.24, 2.45) is 0 Å². The molecule has 0 aromatic carbocycles. The standard InChI is InChI=1S/C15H25N3OS/c1-3-8-16-9-10-17-14(19)13-11(2)18-15(20-13)12-6-4-5-7-12/h12,16H,3-10H2,1-2H3,(H,17,19). The van der Waals surface area contributed by atoms with Crippen LogP contribution in [0.2, 0.25) is 0 Å². The van der Waals surface area contributed by atoms with Crippen molar-refractivity contribution in [1.29, 1.82) is 0 Å². The summed E-state index contributed by atoms with van der Waals surface area (Å²) in [6.07, 6.45) is 6.18. The highest BCUT2D eigenvalue weighted by molar-refractivity contribution is 7.13. The van der Waals surface area contributed by atoms with Gasteiger partial charge < -0.3 is 10.6 Å². The van der Waals surface area contributed by atoms with Gasteiger partial charge in [0.1, 0.15) is 4.88 Å². The fourth-order valence-electron chi connectivity index (χ4n) is 2.62. The van der Waals surface area contributed by atoms with E-state index in [4.69, 9.17) is 0 Å². The summed E-state index contributed by atoms with van der Waals surface area (Å²) in [4.78, 5) is 17.6. The molecule has 1 aliphatic carbocycles. The maximum atomic E-state index is 12.2. The Hall–Kier alpha value is -0.940. The summed E-state index contributed by atoms with van der Waals surface area (Å²) in [5.41, 5.74) is 0.885. The van der Waals surface area contributed by atoms with Crippen molar-refractivity contribution in [2.45, 2.75) is 51.9 Å². The van der Waals surface area contributed by atoms with Crippen molar-refractivity contribution in [1.82, 2.24) is 15.6 Å². The van der Waals surface area contributed by atoms with Crippen LogP contribution in [0, 0.1) is 6.92 Å². The molecule has 1 saturated carbocycles. The zero-order valence-corrected chi connectivity index (χ0v) is 13.3. The molecule has 0 unspecified atom stereocenters. The van der Waals surface area contributed by atoms with Gasteiger partial charge in [-0.1, -0.05) is 19.8 Å². The van der Waals surface area contributed by atoms with Crippen molar-refractivity contribution in [2.75, 3.05) is 19.6 Å². The number of nitrogens with zero attached hydrogens (tertiary/aromatic N) is 1. The third-order valence-electron chi connectivity index (χ3n) is 3.74. The van der Waals surface area contributed by atoms with Crippen molar-refractivity contribution in [3.63, 3.8) is 0 Å². The van der Waals surface area contributed by atoms with E-state index in [9.17, 15) is 4.79 Å². The third kappa shape index (κ3) is 4.03. The van der Waals surface area contributed by atoms with E-state index in [1.165, 1.54) is 25.7 Å². The van der Waals surface area contributed by atoms with Gasteiger partial charge in [0.05, 0.1) is 10.7 Å². The molecule has 0 aliphatic heterocycles. The van der Waals surface area contributed by atoms with E-state index in [0.717, 1.165) is 35.1 Å². The summed E-state index contributed by atoms with van der Waals surface area (Å²) in [6.45, 7) is 6.58. The van der Waals surface area contributed by atoms with Crippen LogP contribution in [-0.4, -0.2) is 30.5 Å². The molecule has 1 fully saturated rings. The Morgan fingerprint density at radius 2 is 2.05 bits per heavy atom. The Balaban J connectivity index is 1.86. The summed E-state index contributed by atoms with van der Waals surface area (Å²) in [5.74, 6) is 0.619. The number of carbonyl (C=O) groups is 1. The molecule has 4 nitrogen and oxygen atoms in total. The van der Waals surface area contributed by atoms with Gasteiger partial charge in [-0.3, -0.25) is 4.79 Å². The maximum Gasteiger partial charge on any atom is 0.263 e. The molecule has 1 heterocycles. The number of carbonyl (C=O) groups excluding carboxylic acids is 1. The Labute approximate surface area is 125 Å². The highest BCUT2D eigenvalue weighted by atomic mass is 32.1. The minimum absolute atomic E-state index is 0.0301. The van der Waals surface area contributed by atoms with Crippen LogP contribution in [-0.2, 0) is 0 Å². The second-order valence-corrected chi connectivity index (χ2v) is 6.48. The van der Waals surface area contributed by atoms with Crippen LogP contribution in [0.5, 0.6) is 0 Å². The number of aromatic nitrogens is 1. The van der Waals surface area contributed by atoms with Crippen LogP contribution in [0.3, 0.4) is 0 Å². The molecule has 0 atom stereocenters. The molecule has 5 heteroatoms. The normalized spacial score (nSPS) is 15.7. The molecule has 112 valence electrons. The van der Waals surface area contributed by atoms with Gasteiger partial charge in [0.15, 0.2) is 0 Å². The number of amides is 1. The van der Waals surface area contributed by atoms with Gasteiger partial charge >= 0.3 is 0 Å². The lowest BCUT2D eigenvalue weighted by Crippen LogP contribution is -2.32. The first-order chi connectivity index (χ1) is 9.72. The molecule has 1 amide bonds. The van der Waals surface area contributed by atoms with E-state index >= 15 is 0 Å². The van der Waals surface area contributed by atoms with Gasteiger partial charge in [-0.25, -0.2) is 4.98 Å². The Morgan fingerprint density at radius 3 is 2.75 bits per heavy atom. The first kappa shape index (κ1) is 15.4. The van der Waals surface area contributed by atoms with Gasteiger partial charge in [0.2, 0.25) is 0 Å². The van der Waals surface area contributed by atoms with E-state index in [1.807, 2.05) is 6.92 Å². The molecule has 1 aliphatic rings. The summed E-state index contributed by atoms with van der Waals surface area (Å²) >= 11 is 1.59. The maximum absolute atomic E-state index is 12.2. The number of rotatable bonds is 7. The second-order valence-electron chi connectivity index (χ2n) is 5.45. The Bertz CT molecular complexity index is 438. The predicted molar refractivity (Wildman–Crippen MR) is 83.6 cm³/mol. The average Bonchev–Trinajstić information content (AvgIpc) is 3.07. The molecule has 0 bridgehead atoms. The van der Waals surface area contributed by atoms with Crippen molar-refractivity contribution >= 4 is 17.2 Å². The molecule has 2 N–H and O–H groups in total. The first-order valence-electron chi connectivity index (χ1n) is 7.68. The second kappa shape index (κ2) is 7.74. The SMILES string of the molecule is CCCNCCNC(=O)c1sc(C2CCCC2)nc1C. The van der Waals surface area contributed by atoms with E-state index in [1.54, 1.807) is 11.3 Å². The first-order valence-corrected chi connectivity index (χ1v) is 8.50. The van der Waals surface area contributed by atoms with Gasteiger partial charge in [0.25, 0.3) is 5.91 Å².